The number of aromatic nitrogens is 2. The van der Waals surface area contributed by atoms with Crippen LogP contribution in [0.25, 0.3) is 0 Å². The van der Waals surface area contributed by atoms with Crippen LogP contribution in [-0.4, -0.2) is 23.1 Å². The average Bonchev–Trinajstić information content (AvgIpc) is 2.41. The molecule has 1 heterocycles. The van der Waals surface area contributed by atoms with E-state index in [0.29, 0.717) is 5.92 Å². The van der Waals surface area contributed by atoms with Crippen molar-refractivity contribution in [1.29, 1.82) is 0 Å². The number of nitrogens with one attached hydrogen (secondary N) is 2. The third-order valence-electron chi connectivity index (χ3n) is 4.29. The molecule has 1 fully saturated rings. The molecule has 118 valence electrons. The van der Waals surface area contributed by atoms with Gasteiger partial charge in [0.2, 0.25) is 0 Å². The van der Waals surface area contributed by atoms with Gasteiger partial charge in [0.25, 0.3) is 0 Å². The molecule has 21 heavy (non-hydrogen) atoms. The molecule has 0 aromatic carbocycles. The van der Waals surface area contributed by atoms with Crippen molar-refractivity contribution in [1.82, 2.24) is 9.97 Å². The highest BCUT2D eigenvalue weighted by Gasteiger charge is 2.17. The Kier molecular flexibility index (Phi) is 5.83. The Bertz CT molecular complexity index is 452. The summed E-state index contributed by atoms with van der Waals surface area (Å²) in [6, 6.07) is 0. The minimum absolute atomic E-state index is 0.347. The van der Waals surface area contributed by atoms with Gasteiger partial charge in [0.15, 0.2) is 0 Å². The zero-order chi connectivity index (χ0) is 15.2. The fraction of sp³-hybridized carbons (Fsp3) is 0.765. The molecule has 0 unspecified atom stereocenters. The fourth-order valence-electron chi connectivity index (χ4n) is 2.56. The van der Waals surface area contributed by atoms with Crippen molar-refractivity contribution in [2.45, 2.75) is 65.7 Å². The van der Waals surface area contributed by atoms with Crippen molar-refractivity contribution in [2.24, 2.45) is 5.92 Å². The molecule has 0 bridgehead atoms. The first-order valence-corrected chi connectivity index (χ1v) is 8.48. The Morgan fingerprint density at radius 1 is 1.10 bits per heavy atom. The Hall–Kier alpha value is -1.32. The van der Waals surface area contributed by atoms with E-state index in [4.69, 9.17) is 4.98 Å². The normalized spacial score (nSPS) is 15.1. The first-order valence-electron chi connectivity index (χ1n) is 8.48. The summed E-state index contributed by atoms with van der Waals surface area (Å²) in [5.41, 5.74) is 1.14. The molecule has 0 radical (unpaired) electrons. The molecule has 2 N–H and O–H groups in total. The van der Waals surface area contributed by atoms with Gasteiger partial charge in [-0.25, -0.2) is 9.97 Å². The lowest BCUT2D eigenvalue weighted by Gasteiger charge is -2.25. The molecule has 0 atom stereocenters. The largest absolute Gasteiger partial charge is 0.370 e. The molecule has 1 aliphatic carbocycles. The van der Waals surface area contributed by atoms with Gasteiger partial charge in [-0.05, 0) is 25.7 Å². The number of rotatable bonds is 8. The van der Waals surface area contributed by atoms with E-state index in [0.717, 1.165) is 48.5 Å². The topological polar surface area (TPSA) is 49.8 Å². The summed E-state index contributed by atoms with van der Waals surface area (Å²) in [6.07, 6.45) is 6.60. The van der Waals surface area contributed by atoms with Gasteiger partial charge in [0.05, 0.1) is 0 Å². The van der Waals surface area contributed by atoms with Crippen LogP contribution in [0.5, 0.6) is 0 Å². The molecule has 0 saturated heterocycles. The lowest BCUT2D eigenvalue weighted by molar-refractivity contribution is 0.303. The predicted molar refractivity (Wildman–Crippen MR) is 90.1 cm³/mol. The number of anilines is 2. The molecule has 2 rings (SSSR count). The summed E-state index contributed by atoms with van der Waals surface area (Å²) in [5.74, 6) is 4.19. The molecule has 1 saturated carbocycles. The summed E-state index contributed by atoms with van der Waals surface area (Å²) >= 11 is 0. The first-order chi connectivity index (χ1) is 10.1. The SMILES string of the molecule is CCCNc1nc(C(C)C)nc(NCCC2CCC2)c1C. The van der Waals surface area contributed by atoms with Gasteiger partial charge in [0.1, 0.15) is 17.5 Å². The monoisotopic (exact) mass is 290 g/mol. The second kappa shape index (κ2) is 7.62. The highest BCUT2D eigenvalue weighted by atomic mass is 15.1. The number of hydrogen-bond donors (Lipinski definition) is 2. The molecular weight excluding hydrogens is 260 g/mol. The Morgan fingerprint density at radius 3 is 2.19 bits per heavy atom. The van der Waals surface area contributed by atoms with E-state index in [1.165, 1.54) is 25.7 Å². The van der Waals surface area contributed by atoms with Gasteiger partial charge in [0, 0.05) is 24.6 Å². The van der Waals surface area contributed by atoms with Gasteiger partial charge >= 0.3 is 0 Å². The summed E-state index contributed by atoms with van der Waals surface area (Å²) in [7, 11) is 0. The van der Waals surface area contributed by atoms with Crippen LogP contribution in [0.2, 0.25) is 0 Å². The maximum Gasteiger partial charge on any atom is 0.135 e. The minimum Gasteiger partial charge on any atom is -0.370 e. The summed E-state index contributed by atoms with van der Waals surface area (Å²) in [5, 5.41) is 6.96. The van der Waals surface area contributed by atoms with Crippen molar-refractivity contribution >= 4 is 11.6 Å². The molecule has 1 aliphatic rings. The summed E-state index contributed by atoms with van der Waals surface area (Å²) < 4.78 is 0. The maximum atomic E-state index is 4.72. The standard InChI is InChI=1S/C17H30N4/c1-5-10-18-16-13(4)17(21-15(20-16)12(2)3)19-11-9-14-7-6-8-14/h12,14H,5-11H2,1-4H3,(H2,18,19,20,21). The van der Waals surface area contributed by atoms with E-state index in [2.05, 4.69) is 43.3 Å². The highest BCUT2D eigenvalue weighted by molar-refractivity contribution is 5.57. The van der Waals surface area contributed by atoms with Crippen LogP contribution >= 0.6 is 0 Å². The van der Waals surface area contributed by atoms with Crippen molar-refractivity contribution in [3.05, 3.63) is 11.4 Å². The minimum atomic E-state index is 0.347. The van der Waals surface area contributed by atoms with Crippen LogP contribution in [0.15, 0.2) is 0 Å². The molecule has 1 aromatic rings. The van der Waals surface area contributed by atoms with Crippen LogP contribution in [0.4, 0.5) is 11.6 Å². The van der Waals surface area contributed by atoms with Crippen LogP contribution in [0, 0.1) is 12.8 Å². The van der Waals surface area contributed by atoms with E-state index >= 15 is 0 Å². The van der Waals surface area contributed by atoms with Crippen LogP contribution in [0.1, 0.15) is 70.2 Å². The van der Waals surface area contributed by atoms with Gasteiger partial charge in [-0.15, -0.1) is 0 Å². The molecule has 0 spiro atoms. The number of hydrogen-bond acceptors (Lipinski definition) is 4. The molecular formula is C17H30N4. The predicted octanol–water partition coefficient (Wildman–Crippen LogP) is 4.33. The zero-order valence-electron chi connectivity index (χ0n) is 14.0. The smallest absolute Gasteiger partial charge is 0.135 e. The second-order valence-corrected chi connectivity index (χ2v) is 6.50. The van der Waals surface area contributed by atoms with Crippen LogP contribution in [0.3, 0.4) is 0 Å². The van der Waals surface area contributed by atoms with Crippen LogP contribution < -0.4 is 10.6 Å². The Labute approximate surface area is 129 Å². The van der Waals surface area contributed by atoms with Crippen molar-refractivity contribution in [2.75, 3.05) is 23.7 Å². The first kappa shape index (κ1) is 16.1. The second-order valence-electron chi connectivity index (χ2n) is 6.50. The maximum absolute atomic E-state index is 4.72. The van der Waals surface area contributed by atoms with Gasteiger partial charge in [-0.2, -0.15) is 0 Å². The van der Waals surface area contributed by atoms with E-state index in [1.54, 1.807) is 0 Å². The third-order valence-corrected chi connectivity index (χ3v) is 4.29. The van der Waals surface area contributed by atoms with Crippen molar-refractivity contribution in [3.63, 3.8) is 0 Å². The van der Waals surface area contributed by atoms with Crippen molar-refractivity contribution in [3.8, 4) is 0 Å². The third kappa shape index (κ3) is 4.32. The van der Waals surface area contributed by atoms with E-state index in [9.17, 15) is 0 Å². The van der Waals surface area contributed by atoms with Crippen molar-refractivity contribution < 1.29 is 0 Å². The van der Waals surface area contributed by atoms with E-state index in [-0.39, 0.29) is 0 Å². The van der Waals surface area contributed by atoms with Gasteiger partial charge in [-0.1, -0.05) is 40.0 Å². The molecule has 4 heteroatoms. The molecule has 0 aliphatic heterocycles. The lowest BCUT2D eigenvalue weighted by Crippen LogP contribution is -2.17. The Balaban J connectivity index is 2.06. The summed E-state index contributed by atoms with van der Waals surface area (Å²) in [6.45, 7) is 10.5. The summed E-state index contributed by atoms with van der Waals surface area (Å²) in [4.78, 5) is 9.40. The zero-order valence-corrected chi connectivity index (χ0v) is 14.0. The molecule has 0 amide bonds. The van der Waals surface area contributed by atoms with E-state index in [1.807, 2.05) is 0 Å². The average molecular weight is 290 g/mol. The Morgan fingerprint density at radius 2 is 1.71 bits per heavy atom. The molecule has 1 aromatic heterocycles. The molecule has 4 nitrogen and oxygen atoms in total. The van der Waals surface area contributed by atoms with E-state index < -0.39 is 0 Å². The fourth-order valence-corrected chi connectivity index (χ4v) is 2.56. The number of nitrogens with zero attached hydrogens (tertiary/aromatic N) is 2. The van der Waals surface area contributed by atoms with Crippen LogP contribution in [-0.2, 0) is 0 Å². The lowest BCUT2D eigenvalue weighted by atomic mass is 9.83. The van der Waals surface area contributed by atoms with Gasteiger partial charge < -0.3 is 10.6 Å². The van der Waals surface area contributed by atoms with Gasteiger partial charge in [-0.3, -0.25) is 0 Å². The highest BCUT2D eigenvalue weighted by Crippen LogP contribution is 2.29. The quantitative estimate of drug-likeness (QED) is 0.748.